The monoisotopic (exact) mass is 285 g/mol. The molecule has 0 aliphatic heterocycles. The highest BCUT2D eigenvalue weighted by atomic mass is 16.5. The van der Waals surface area contributed by atoms with Crippen LogP contribution in [0.25, 0.3) is 10.9 Å². The minimum absolute atomic E-state index is 0.176. The average Bonchev–Trinajstić information content (AvgIpc) is 3.00. The number of hydrogen-bond acceptors (Lipinski definition) is 4. The van der Waals surface area contributed by atoms with Crippen LogP contribution in [-0.2, 0) is 6.54 Å². The van der Waals surface area contributed by atoms with Crippen molar-refractivity contribution in [2.75, 3.05) is 0 Å². The van der Waals surface area contributed by atoms with Gasteiger partial charge in [-0.25, -0.2) is 0 Å². The molecule has 0 saturated heterocycles. The van der Waals surface area contributed by atoms with E-state index in [4.69, 9.17) is 10.5 Å². The number of rotatable bonds is 4. The van der Waals surface area contributed by atoms with E-state index in [1.54, 1.807) is 0 Å². The van der Waals surface area contributed by atoms with Gasteiger partial charge in [-0.15, -0.1) is 5.10 Å². The Balaban J connectivity index is 1.94. The highest BCUT2D eigenvalue weighted by Crippen LogP contribution is 2.26. The second-order valence-corrected chi connectivity index (χ2v) is 5.18. The van der Waals surface area contributed by atoms with Gasteiger partial charge >= 0.3 is 6.01 Å². The number of H-pyrrole nitrogens is 1. The van der Waals surface area contributed by atoms with Crippen molar-refractivity contribution >= 4 is 10.9 Å². The fraction of sp³-hybridized carbons (Fsp3) is 0.333. The molecule has 6 heteroatoms. The van der Waals surface area contributed by atoms with E-state index in [-0.39, 0.29) is 6.04 Å². The summed E-state index contributed by atoms with van der Waals surface area (Å²) in [5.41, 5.74) is 8.11. The maximum absolute atomic E-state index is 5.89. The number of benzene rings is 1. The van der Waals surface area contributed by atoms with Gasteiger partial charge in [-0.1, -0.05) is 5.10 Å². The van der Waals surface area contributed by atoms with E-state index in [1.807, 2.05) is 43.5 Å². The summed E-state index contributed by atoms with van der Waals surface area (Å²) in [7, 11) is 0. The lowest BCUT2D eigenvalue weighted by Crippen LogP contribution is -2.13. The molecular weight excluding hydrogens is 266 g/mol. The summed E-state index contributed by atoms with van der Waals surface area (Å²) in [5, 5.41) is 9.31. The van der Waals surface area contributed by atoms with E-state index in [0.29, 0.717) is 12.6 Å². The third kappa shape index (κ3) is 2.50. The Morgan fingerprint density at radius 2 is 2.14 bits per heavy atom. The molecule has 3 rings (SSSR count). The molecule has 0 unspecified atom stereocenters. The average molecular weight is 285 g/mol. The smallest absolute Gasteiger partial charge is 0.322 e. The summed E-state index contributed by atoms with van der Waals surface area (Å²) in [4.78, 5) is 3.29. The fourth-order valence-corrected chi connectivity index (χ4v) is 2.43. The molecule has 0 fully saturated rings. The normalized spacial score (nSPS) is 12.8. The molecule has 0 aliphatic rings. The van der Waals surface area contributed by atoms with Gasteiger partial charge in [0.1, 0.15) is 5.75 Å². The number of nitrogens with one attached hydrogen (secondary N) is 1. The Bertz CT molecular complexity index is 772. The molecule has 110 valence electrons. The molecule has 3 aromatic rings. The van der Waals surface area contributed by atoms with Crippen LogP contribution < -0.4 is 10.5 Å². The standard InChI is InChI=1S/C15H19N5O/c1-4-20-14(10(3)16)18-19-15(20)21-12-5-6-13-11(8-12)7-9(2)17-13/h5-8,10,17H,4,16H2,1-3H3/t10-/m1/s1. The molecule has 0 amide bonds. The summed E-state index contributed by atoms with van der Waals surface area (Å²) in [6, 6.07) is 8.27. The first-order valence-corrected chi connectivity index (χ1v) is 7.04. The van der Waals surface area contributed by atoms with Crippen LogP contribution in [0.3, 0.4) is 0 Å². The molecule has 0 aliphatic carbocycles. The first-order chi connectivity index (χ1) is 10.1. The van der Waals surface area contributed by atoms with Crippen LogP contribution in [-0.4, -0.2) is 19.7 Å². The Labute approximate surface area is 122 Å². The van der Waals surface area contributed by atoms with Crippen LogP contribution >= 0.6 is 0 Å². The largest absolute Gasteiger partial charge is 0.424 e. The summed E-state index contributed by atoms with van der Waals surface area (Å²) in [5.74, 6) is 1.46. The Kier molecular flexibility index (Phi) is 3.39. The molecule has 3 N–H and O–H groups in total. The van der Waals surface area contributed by atoms with Crippen molar-refractivity contribution in [3.8, 4) is 11.8 Å². The highest BCUT2D eigenvalue weighted by Gasteiger charge is 2.15. The van der Waals surface area contributed by atoms with Crippen molar-refractivity contribution < 1.29 is 4.74 Å². The van der Waals surface area contributed by atoms with Crippen LogP contribution in [0.15, 0.2) is 24.3 Å². The minimum atomic E-state index is -0.176. The quantitative estimate of drug-likeness (QED) is 0.772. The van der Waals surface area contributed by atoms with Crippen molar-refractivity contribution in [3.63, 3.8) is 0 Å². The van der Waals surface area contributed by atoms with E-state index in [0.717, 1.165) is 28.2 Å². The summed E-state index contributed by atoms with van der Waals surface area (Å²) in [6.45, 7) is 6.64. The van der Waals surface area contributed by atoms with Crippen molar-refractivity contribution in [1.82, 2.24) is 19.7 Å². The minimum Gasteiger partial charge on any atom is -0.424 e. The number of nitrogens with zero attached hydrogens (tertiary/aromatic N) is 3. The van der Waals surface area contributed by atoms with E-state index in [1.165, 1.54) is 0 Å². The van der Waals surface area contributed by atoms with E-state index < -0.39 is 0 Å². The zero-order valence-electron chi connectivity index (χ0n) is 12.4. The second-order valence-electron chi connectivity index (χ2n) is 5.18. The predicted octanol–water partition coefficient (Wildman–Crippen LogP) is 2.90. The van der Waals surface area contributed by atoms with Crippen LogP contribution in [0, 0.1) is 6.92 Å². The molecular formula is C15H19N5O. The summed E-state index contributed by atoms with van der Waals surface area (Å²) in [6.07, 6.45) is 0. The third-order valence-electron chi connectivity index (χ3n) is 3.40. The molecule has 2 heterocycles. The number of ether oxygens (including phenoxy) is 1. The first kappa shape index (κ1) is 13.6. The number of aryl methyl sites for hydroxylation is 1. The SMILES string of the molecule is CCn1c(Oc2ccc3[nH]c(C)cc3c2)nnc1[C@@H](C)N. The van der Waals surface area contributed by atoms with Gasteiger partial charge in [0.2, 0.25) is 0 Å². The van der Waals surface area contributed by atoms with E-state index in [2.05, 4.69) is 21.2 Å². The molecule has 0 saturated carbocycles. The van der Waals surface area contributed by atoms with Gasteiger partial charge in [0.25, 0.3) is 0 Å². The second kappa shape index (κ2) is 5.21. The number of aromatic nitrogens is 4. The third-order valence-corrected chi connectivity index (χ3v) is 3.40. The summed E-state index contributed by atoms with van der Waals surface area (Å²) >= 11 is 0. The topological polar surface area (TPSA) is 81.8 Å². The molecule has 0 spiro atoms. The van der Waals surface area contributed by atoms with E-state index in [9.17, 15) is 0 Å². The zero-order valence-corrected chi connectivity index (χ0v) is 12.4. The van der Waals surface area contributed by atoms with Gasteiger partial charge in [0.05, 0.1) is 6.04 Å². The molecule has 21 heavy (non-hydrogen) atoms. The zero-order chi connectivity index (χ0) is 15.0. The fourth-order valence-electron chi connectivity index (χ4n) is 2.43. The maximum Gasteiger partial charge on any atom is 0.322 e. The van der Waals surface area contributed by atoms with Gasteiger partial charge in [-0.05, 0) is 45.0 Å². The number of nitrogens with two attached hydrogens (primary N) is 1. The van der Waals surface area contributed by atoms with Crippen LogP contribution in [0.2, 0.25) is 0 Å². The summed E-state index contributed by atoms with van der Waals surface area (Å²) < 4.78 is 7.75. The Morgan fingerprint density at radius 1 is 1.33 bits per heavy atom. The van der Waals surface area contributed by atoms with Crippen molar-refractivity contribution in [2.45, 2.75) is 33.4 Å². The molecule has 2 aromatic heterocycles. The van der Waals surface area contributed by atoms with Crippen molar-refractivity contribution in [3.05, 3.63) is 35.8 Å². The lowest BCUT2D eigenvalue weighted by molar-refractivity contribution is 0.409. The molecule has 0 bridgehead atoms. The number of aromatic amines is 1. The molecule has 6 nitrogen and oxygen atoms in total. The van der Waals surface area contributed by atoms with Gasteiger partial charge in [0.15, 0.2) is 5.82 Å². The Hall–Kier alpha value is -2.34. The van der Waals surface area contributed by atoms with Crippen molar-refractivity contribution in [2.24, 2.45) is 5.73 Å². The Morgan fingerprint density at radius 3 is 2.86 bits per heavy atom. The van der Waals surface area contributed by atoms with Crippen molar-refractivity contribution in [1.29, 1.82) is 0 Å². The molecule has 0 radical (unpaired) electrons. The number of fused-ring (bicyclic) bond motifs is 1. The van der Waals surface area contributed by atoms with Crippen LogP contribution in [0.5, 0.6) is 11.8 Å². The predicted molar refractivity (Wildman–Crippen MR) is 81.4 cm³/mol. The van der Waals surface area contributed by atoms with Gasteiger partial charge in [-0.3, -0.25) is 4.57 Å². The lowest BCUT2D eigenvalue weighted by Gasteiger charge is -2.10. The van der Waals surface area contributed by atoms with Gasteiger partial charge in [0, 0.05) is 23.1 Å². The van der Waals surface area contributed by atoms with Crippen LogP contribution in [0.4, 0.5) is 0 Å². The van der Waals surface area contributed by atoms with E-state index >= 15 is 0 Å². The lowest BCUT2D eigenvalue weighted by atomic mass is 10.2. The first-order valence-electron chi connectivity index (χ1n) is 7.04. The van der Waals surface area contributed by atoms with Gasteiger partial charge in [-0.2, -0.15) is 0 Å². The maximum atomic E-state index is 5.89. The highest BCUT2D eigenvalue weighted by molar-refractivity contribution is 5.81. The molecule has 1 aromatic carbocycles. The van der Waals surface area contributed by atoms with Gasteiger partial charge < -0.3 is 15.5 Å². The number of hydrogen-bond donors (Lipinski definition) is 2. The molecule has 1 atom stereocenters. The van der Waals surface area contributed by atoms with Crippen LogP contribution in [0.1, 0.15) is 31.4 Å².